The van der Waals surface area contributed by atoms with Crippen LogP contribution in [0.15, 0.2) is 24.3 Å². The Labute approximate surface area is 116 Å². The standard InChI is InChI=1S/C15H23NOS/c1-4-15(2,3)12-7-9-13(10-8-12)17-11-5-6-14(16)18/h7-10H,4-6,11H2,1-3H3,(H2,16,18). The number of benzene rings is 1. The molecule has 2 nitrogen and oxygen atoms in total. The van der Waals surface area contributed by atoms with Crippen LogP contribution in [0.25, 0.3) is 0 Å². The highest BCUT2D eigenvalue weighted by molar-refractivity contribution is 7.80. The van der Waals surface area contributed by atoms with E-state index in [9.17, 15) is 0 Å². The van der Waals surface area contributed by atoms with Crippen LogP contribution < -0.4 is 10.5 Å². The molecule has 0 unspecified atom stereocenters. The smallest absolute Gasteiger partial charge is 0.119 e. The summed E-state index contributed by atoms with van der Waals surface area (Å²) in [6.07, 6.45) is 2.75. The molecule has 0 aromatic heterocycles. The van der Waals surface area contributed by atoms with Crippen molar-refractivity contribution < 1.29 is 4.74 Å². The van der Waals surface area contributed by atoms with E-state index in [1.54, 1.807) is 0 Å². The topological polar surface area (TPSA) is 35.2 Å². The Morgan fingerprint density at radius 2 is 1.89 bits per heavy atom. The highest BCUT2D eigenvalue weighted by Gasteiger charge is 2.17. The maximum atomic E-state index is 5.64. The molecule has 0 bridgehead atoms. The minimum absolute atomic E-state index is 0.226. The van der Waals surface area contributed by atoms with Crippen LogP contribution in [0.3, 0.4) is 0 Å². The van der Waals surface area contributed by atoms with Crippen molar-refractivity contribution in [2.24, 2.45) is 5.73 Å². The summed E-state index contributed by atoms with van der Waals surface area (Å²) in [5.41, 5.74) is 7.00. The third-order valence-corrected chi connectivity index (χ3v) is 3.56. The third-order valence-electron chi connectivity index (χ3n) is 3.36. The van der Waals surface area contributed by atoms with Gasteiger partial charge in [-0.25, -0.2) is 0 Å². The van der Waals surface area contributed by atoms with Gasteiger partial charge in [0.25, 0.3) is 0 Å². The van der Waals surface area contributed by atoms with E-state index in [1.165, 1.54) is 5.56 Å². The highest BCUT2D eigenvalue weighted by atomic mass is 32.1. The van der Waals surface area contributed by atoms with Crippen molar-refractivity contribution in [3.63, 3.8) is 0 Å². The average Bonchev–Trinajstić information content (AvgIpc) is 2.35. The highest BCUT2D eigenvalue weighted by Crippen LogP contribution is 2.27. The van der Waals surface area contributed by atoms with Crippen molar-refractivity contribution in [3.05, 3.63) is 29.8 Å². The Morgan fingerprint density at radius 1 is 1.28 bits per heavy atom. The van der Waals surface area contributed by atoms with Crippen molar-refractivity contribution in [1.29, 1.82) is 0 Å². The Bertz CT molecular complexity index is 384. The third kappa shape index (κ3) is 4.65. The summed E-state index contributed by atoms with van der Waals surface area (Å²) in [5.74, 6) is 0.911. The summed E-state index contributed by atoms with van der Waals surface area (Å²) in [4.78, 5) is 0.554. The van der Waals surface area contributed by atoms with E-state index in [2.05, 4.69) is 32.9 Å². The number of hydrogen-bond acceptors (Lipinski definition) is 2. The SMILES string of the molecule is CCC(C)(C)c1ccc(OCCCC(N)=S)cc1. The van der Waals surface area contributed by atoms with Crippen LogP contribution in [0.1, 0.15) is 45.6 Å². The van der Waals surface area contributed by atoms with Gasteiger partial charge in [0.15, 0.2) is 0 Å². The summed E-state index contributed by atoms with van der Waals surface area (Å²) in [7, 11) is 0. The van der Waals surface area contributed by atoms with E-state index in [1.807, 2.05) is 12.1 Å². The fourth-order valence-corrected chi connectivity index (χ4v) is 1.79. The van der Waals surface area contributed by atoms with Gasteiger partial charge in [0, 0.05) is 6.42 Å². The maximum Gasteiger partial charge on any atom is 0.119 e. The van der Waals surface area contributed by atoms with E-state index in [0.717, 1.165) is 25.0 Å². The lowest BCUT2D eigenvalue weighted by molar-refractivity contribution is 0.313. The second-order valence-electron chi connectivity index (χ2n) is 5.18. The molecular weight excluding hydrogens is 242 g/mol. The Kier molecular flexibility index (Phi) is 5.60. The van der Waals surface area contributed by atoms with Crippen LogP contribution in [0.2, 0.25) is 0 Å². The lowest BCUT2D eigenvalue weighted by Crippen LogP contribution is -2.15. The minimum Gasteiger partial charge on any atom is -0.494 e. The molecule has 0 aliphatic carbocycles. The van der Waals surface area contributed by atoms with E-state index >= 15 is 0 Å². The van der Waals surface area contributed by atoms with E-state index in [-0.39, 0.29) is 5.41 Å². The normalized spacial score (nSPS) is 11.3. The molecular formula is C15H23NOS. The van der Waals surface area contributed by atoms with Gasteiger partial charge in [-0.1, -0.05) is 45.1 Å². The minimum atomic E-state index is 0.226. The molecule has 1 rings (SSSR count). The van der Waals surface area contributed by atoms with Gasteiger partial charge in [-0.2, -0.15) is 0 Å². The Balaban J connectivity index is 2.48. The summed E-state index contributed by atoms with van der Waals surface area (Å²) in [5, 5.41) is 0. The summed E-state index contributed by atoms with van der Waals surface area (Å²) in [6.45, 7) is 7.38. The first kappa shape index (κ1) is 15.0. The van der Waals surface area contributed by atoms with Crippen LogP contribution in [-0.2, 0) is 5.41 Å². The molecule has 3 heteroatoms. The van der Waals surface area contributed by atoms with Gasteiger partial charge < -0.3 is 10.5 Å². The van der Waals surface area contributed by atoms with Crippen molar-refractivity contribution in [3.8, 4) is 5.75 Å². The van der Waals surface area contributed by atoms with Crippen LogP contribution in [-0.4, -0.2) is 11.6 Å². The lowest BCUT2D eigenvalue weighted by Gasteiger charge is -2.23. The van der Waals surface area contributed by atoms with E-state index in [0.29, 0.717) is 11.6 Å². The number of ether oxygens (including phenoxy) is 1. The fraction of sp³-hybridized carbons (Fsp3) is 0.533. The van der Waals surface area contributed by atoms with Gasteiger partial charge >= 0.3 is 0 Å². The predicted octanol–water partition coefficient (Wildman–Crippen LogP) is 3.82. The number of rotatable bonds is 7. The van der Waals surface area contributed by atoms with E-state index < -0.39 is 0 Å². The number of nitrogens with two attached hydrogens (primary N) is 1. The largest absolute Gasteiger partial charge is 0.494 e. The second-order valence-corrected chi connectivity index (χ2v) is 5.70. The van der Waals surface area contributed by atoms with Crippen molar-refractivity contribution in [2.75, 3.05) is 6.61 Å². The number of hydrogen-bond donors (Lipinski definition) is 1. The average molecular weight is 265 g/mol. The van der Waals surface area contributed by atoms with Gasteiger partial charge in [0.05, 0.1) is 11.6 Å². The molecule has 100 valence electrons. The van der Waals surface area contributed by atoms with Crippen molar-refractivity contribution >= 4 is 17.2 Å². The first-order valence-electron chi connectivity index (χ1n) is 6.47. The fourth-order valence-electron chi connectivity index (χ4n) is 1.64. The molecule has 0 aliphatic heterocycles. The second kappa shape index (κ2) is 6.74. The van der Waals surface area contributed by atoms with Crippen molar-refractivity contribution in [2.45, 2.75) is 45.4 Å². The van der Waals surface area contributed by atoms with Crippen LogP contribution >= 0.6 is 12.2 Å². The molecule has 0 radical (unpaired) electrons. The van der Waals surface area contributed by atoms with Crippen LogP contribution in [0.5, 0.6) is 5.75 Å². The molecule has 0 heterocycles. The quantitative estimate of drug-likeness (QED) is 0.601. The Morgan fingerprint density at radius 3 is 2.39 bits per heavy atom. The molecule has 0 saturated heterocycles. The molecule has 0 spiro atoms. The van der Waals surface area contributed by atoms with Gasteiger partial charge in [-0.05, 0) is 36.0 Å². The van der Waals surface area contributed by atoms with E-state index in [4.69, 9.17) is 22.7 Å². The molecule has 18 heavy (non-hydrogen) atoms. The zero-order valence-electron chi connectivity index (χ0n) is 11.5. The first-order valence-corrected chi connectivity index (χ1v) is 6.88. The van der Waals surface area contributed by atoms with Crippen LogP contribution in [0, 0.1) is 0 Å². The molecule has 0 aliphatic rings. The zero-order valence-corrected chi connectivity index (χ0v) is 12.3. The van der Waals surface area contributed by atoms with Gasteiger partial charge in [0.2, 0.25) is 0 Å². The van der Waals surface area contributed by atoms with Crippen molar-refractivity contribution in [1.82, 2.24) is 0 Å². The summed E-state index contributed by atoms with van der Waals surface area (Å²) >= 11 is 4.82. The molecule has 0 saturated carbocycles. The lowest BCUT2D eigenvalue weighted by atomic mass is 9.82. The molecule has 1 aromatic rings. The van der Waals surface area contributed by atoms with Gasteiger partial charge in [0.1, 0.15) is 5.75 Å². The first-order chi connectivity index (χ1) is 8.45. The molecule has 0 amide bonds. The maximum absolute atomic E-state index is 5.64. The molecule has 2 N–H and O–H groups in total. The molecule has 0 fully saturated rings. The van der Waals surface area contributed by atoms with Crippen LogP contribution in [0.4, 0.5) is 0 Å². The Hall–Kier alpha value is -1.09. The van der Waals surface area contributed by atoms with Gasteiger partial charge in [-0.3, -0.25) is 0 Å². The zero-order chi connectivity index (χ0) is 13.6. The molecule has 1 aromatic carbocycles. The van der Waals surface area contributed by atoms with Gasteiger partial charge in [-0.15, -0.1) is 0 Å². The predicted molar refractivity (Wildman–Crippen MR) is 81.3 cm³/mol. The summed E-state index contributed by atoms with van der Waals surface area (Å²) in [6, 6.07) is 8.36. The monoisotopic (exact) mass is 265 g/mol. The number of thiocarbonyl (C=S) groups is 1. The summed E-state index contributed by atoms with van der Waals surface area (Å²) < 4.78 is 5.64. The molecule has 0 atom stereocenters.